The molecule has 0 N–H and O–H groups in total. The van der Waals surface area contributed by atoms with Gasteiger partial charge >= 0.3 is 0 Å². The van der Waals surface area contributed by atoms with Gasteiger partial charge in [-0.15, -0.1) is 11.5 Å². The molecule has 0 saturated heterocycles. The van der Waals surface area contributed by atoms with E-state index in [4.69, 9.17) is 10.9 Å². The van der Waals surface area contributed by atoms with E-state index in [2.05, 4.69) is 43.5 Å². The standard InChI is InChI=1S/C26H21N7O.2CH4/c1-4-17-10-11-20-22(13-17)33-21(19(29-31-33)12-18-8-6-5-7-9-18)14-23-24(27-15-32(20)23)26-28-25(16(2)3)30-34-26;;/h1,5-11,13,15-16H,12,14H2,2-3H3;2*1H4. The molecule has 1 aliphatic rings. The second-order valence-electron chi connectivity index (χ2n) is 8.60. The minimum Gasteiger partial charge on any atom is -0.332 e. The van der Waals surface area contributed by atoms with Crippen molar-refractivity contribution in [3.8, 4) is 35.3 Å². The van der Waals surface area contributed by atoms with Crippen LogP contribution in [-0.4, -0.2) is 34.7 Å². The molecule has 0 aliphatic carbocycles. The summed E-state index contributed by atoms with van der Waals surface area (Å²) in [6, 6.07) is 16.1. The summed E-state index contributed by atoms with van der Waals surface area (Å²) in [5.74, 6) is 3.94. The summed E-state index contributed by atoms with van der Waals surface area (Å²) in [6.45, 7) is 4.06. The summed E-state index contributed by atoms with van der Waals surface area (Å²) >= 11 is 0. The quantitative estimate of drug-likeness (QED) is 0.316. The van der Waals surface area contributed by atoms with Gasteiger partial charge in [0.2, 0.25) is 0 Å². The highest BCUT2D eigenvalue weighted by atomic mass is 16.5. The molecule has 5 aromatic rings. The van der Waals surface area contributed by atoms with E-state index in [0.717, 1.165) is 34.0 Å². The van der Waals surface area contributed by atoms with Gasteiger partial charge in [-0.05, 0) is 23.8 Å². The Hall–Kier alpha value is -4.51. The number of fused-ring (bicyclic) bond motifs is 5. The second-order valence-corrected chi connectivity index (χ2v) is 8.60. The van der Waals surface area contributed by atoms with Gasteiger partial charge in [0, 0.05) is 24.3 Å². The first-order valence-corrected chi connectivity index (χ1v) is 11.1. The number of hydrogen-bond donors (Lipinski definition) is 0. The zero-order chi connectivity index (χ0) is 23.2. The van der Waals surface area contributed by atoms with E-state index in [-0.39, 0.29) is 20.8 Å². The van der Waals surface area contributed by atoms with Crippen LogP contribution in [0.3, 0.4) is 0 Å². The Balaban J connectivity index is 0.00000152. The van der Waals surface area contributed by atoms with Crippen LogP contribution in [0.2, 0.25) is 0 Å². The zero-order valence-corrected chi connectivity index (χ0v) is 18.8. The Morgan fingerprint density at radius 3 is 2.58 bits per heavy atom. The van der Waals surface area contributed by atoms with Gasteiger partial charge in [0.25, 0.3) is 5.89 Å². The molecular weight excluding hydrogens is 450 g/mol. The molecule has 0 radical (unpaired) electrons. The van der Waals surface area contributed by atoms with Crippen LogP contribution >= 0.6 is 0 Å². The highest BCUT2D eigenvalue weighted by Crippen LogP contribution is 2.34. The molecule has 8 heteroatoms. The van der Waals surface area contributed by atoms with Crippen molar-refractivity contribution >= 4 is 0 Å². The Kier molecular flexibility index (Phi) is 6.58. The van der Waals surface area contributed by atoms with Gasteiger partial charge in [-0.25, -0.2) is 9.67 Å². The lowest BCUT2D eigenvalue weighted by atomic mass is 10.1. The zero-order valence-electron chi connectivity index (χ0n) is 18.8. The fourth-order valence-corrected chi connectivity index (χ4v) is 4.27. The van der Waals surface area contributed by atoms with Crippen LogP contribution in [0.5, 0.6) is 0 Å². The highest BCUT2D eigenvalue weighted by molar-refractivity contribution is 5.63. The smallest absolute Gasteiger partial charge is 0.278 e. The maximum atomic E-state index is 5.71. The molecular formula is C28H29N7O. The Morgan fingerprint density at radius 2 is 1.86 bits per heavy atom. The predicted molar refractivity (Wildman–Crippen MR) is 139 cm³/mol. The average molecular weight is 480 g/mol. The summed E-state index contributed by atoms with van der Waals surface area (Å²) in [7, 11) is 0. The van der Waals surface area contributed by atoms with Crippen molar-refractivity contribution in [1.29, 1.82) is 0 Å². The molecule has 0 fully saturated rings. The largest absolute Gasteiger partial charge is 0.332 e. The third-order valence-electron chi connectivity index (χ3n) is 6.05. The normalized spacial score (nSPS) is 11.4. The van der Waals surface area contributed by atoms with E-state index in [1.54, 1.807) is 6.33 Å². The Bertz CT molecular complexity index is 1550. The van der Waals surface area contributed by atoms with Gasteiger partial charge < -0.3 is 4.52 Å². The fraction of sp³-hybridized carbons (Fsp3) is 0.250. The maximum Gasteiger partial charge on any atom is 0.278 e. The van der Waals surface area contributed by atoms with Crippen LogP contribution < -0.4 is 0 Å². The molecule has 0 unspecified atom stereocenters. The third-order valence-corrected chi connectivity index (χ3v) is 6.05. The SMILES string of the molecule is C.C.C#Cc1ccc2c(c1)-n1nnc(Cc3ccccc3)c1Cc1c(-c3nc(C(C)C)no3)ncn1-2. The monoisotopic (exact) mass is 479 g/mol. The number of rotatable bonds is 4. The summed E-state index contributed by atoms with van der Waals surface area (Å²) in [6.07, 6.45) is 8.71. The molecule has 36 heavy (non-hydrogen) atoms. The molecule has 4 heterocycles. The lowest BCUT2D eigenvalue weighted by molar-refractivity contribution is 0.418. The number of benzene rings is 2. The Morgan fingerprint density at radius 1 is 1.06 bits per heavy atom. The number of imidazole rings is 1. The number of aromatic nitrogens is 7. The molecule has 3 aromatic heterocycles. The van der Waals surface area contributed by atoms with Crippen molar-refractivity contribution in [2.45, 2.75) is 47.5 Å². The minimum absolute atomic E-state index is 0. The van der Waals surface area contributed by atoms with Crippen LogP contribution in [0.4, 0.5) is 0 Å². The first kappa shape index (κ1) is 24.6. The summed E-state index contributed by atoms with van der Waals surface area (Å²) < 4.78 is 9.53. The van der Waals surface area contributed by atoms with E-state index in [1.807, 2.05) is 59.5 Å². The van der Waals surface area contributed by atoms with Gasteiger partial charge in [-0.2, -0.15) is 4.98 Å². The molecule has 0 bridgehead atoms. The van der Waals surface area contributed by atoms with Crippen molar-refractivity contribution in [3.05, 3.63) is 88.9 Å². The van der Waals surface area contributed by atoms with Crippen LogP contribution in [0.1, 0.15) is 68.7 Å². The maximum absolute atomic E-state index is 5.71. The number of nitrogens with zero attached hydrogens (tertiary/aromatic N) is 7. The van der Waals surface area contributed by atoms with Crippen molar-refractivity contribution in [2.24, 2.45) is 0 Å². The topological polar surface area (TPSA) is 87.4 Å². The molecule has 0 atom stereocenters. The lowest BCUT2D eigenvalue weighted by Crippen LogP contribution is -2.04. The summed E-state index contributed by atoms with van der Waals surface area (Å²) in [5, 5.41) is 13.2. The fourth-order valence-electron chi connectivity index (χ4n) is 4.27. The first-order chi connectivity index (χ1) is 16.6. The lowest BCUT2D eigenvalue weighted by Gasteiger charge is -2.10. The molecule has 0 amide bonds. The molecule has 182 valence electrons. The Labute approximate surface area is 211 Å². The first-order valence-electron chi connectivity index (χ1n) is 11.1. The molecule has 8 nitrogen and oxygen atoms in total. The second kappa shape index (κ2) is 9.62. The average Bonchev–Trinajstić information content (AvgIpc) is 3.57. The number of hydrogen-bond acceptors (Lipinski definition) is 6. The number of terminal acetylenes is 1. The van der Waals surface area contributed by atoms with Crippen molar-refractivity contribution in [2.75, 3.05) is 0 Å². The van der Waals surface area contributed by atoms with E-state index in [0.29, 0.717) is 30.3 Å². The predicted octanol–water partition coefficient (Wildman–Crippen LogP) is 5.37. The van der Waals surface area contributed by atoms with Gasteiger partial charge in [-0.1, -0.05) is 75.3 Å². The van der Waals surface area contributed by atoms with Gasteiger partial charge in [0.15, 0.2) is 11.5 Å². The molecule has 6 rings (SSSR count). The molecule has 1 aliphatic heterocycles. The van der Waals surface area contributed by atoms with Crippen LogP contribution in [0.15, 0.2) is 59.4 Å². The van der Waals surface area contributed by atoms with E-state index >= 15 is 0 Å². The van der Waals surface area contributed by atoms with E-state index in [9.17, 15) is 0 Å². The van der Waals surface area contributed by atoms with Crippen LogP contribution in [0.25, 0.3) is 23.0 Å². The molecule has 0 saturated carbocycles. The molecule has 0 spiro atoms. The van der Waals surface area contributed by atoms with Crippen molar-refractivity contribution in [1.82, 2.24) is 34.7 Å². The molecule has 2 aromatic carbocycles. The summed E-state index contributed by atoms with van der Waals surface area (Å²) in [4.78, 5) is 9.26. The van der Waals surface area contributed by atoms with Gasteiger partial charge in [-0.3, -0.25) is 4.57 Å². The summed E-state index contributed by atoms with van der Waals surface area (Å²) in [5.41, 5.74) is 7.17. The third kappa shape index (κ3) is 3.99. The van der Waals surface area contributed by atoms with Crippen LogP contribution in [-0.2, 0) is 12.8 Å². The van der Waals surface area contributed by atoms with Gasteiger partial charge in [0.05, 0.1) is 28.5 Å². The van der Waals surface area contributed by atoms with E-state index < -0.39 is 0 Å². The van der Waals surface area contributed by atoms with E-state index in [1.165, 1.54) is 5.56 Å². The highest BCUT2D eigenvalue weighted by Gasteiger charge is 2.28. The minimum atomic E-state index is 0. The van der Waals surface area contributed by atoms with Crippen molar-refractivity contribution < 1.29 is 4.52 Å². The van der Waals surface area contributed by atoms with Gasteiger partial charge in [0.1, 0.15) is 6.33 Å². The van der Waals surface area contributed by atoms with Crippen LogP contribution in [0, 0.1) is 12.3 Å². The van der Waals surface area contributed by atoms with Crippen molar-refractivity contribution in [3.63, 3.8) is 0 Å².